The third kappa shape index (κ3) is 4.24. The van der Waals surface area contributed by atoms with Gasteiger partial charge in [-0.05, 0) is 81.2 Å². The van der Waals surface area contributed by atoms with E-state index >= 15 is 0 Å². The lowest BCUT2D eigenvalue weighted by molar-refractivity contribution is -0.443. The standard InChI is InChI=1S/C41H54N4O6/c1-6-38(47)22-25-21-37(3,33-27(13-17-44(23-25)24-38)26-11-8-9-12-30(26)42-33)29-19-28-31(20-32(29)50-5)43(4)35-40(28)15-18-45-16-10-14-39(7-2,34(40)45)36(46)41(35,48)51-49/h8-12,14,19-20,25,34-36,42,46-49H,6-7,13,15-18,21-24H2,1-5H3/t25-,34-,35+,36+,37+,38-,39+,40+,41+/m0/s1. The molecule has 3 fully saturated rings. The number of aliphatic hydroxyl groups is 3. The molecule has 2 aromatic carbocycles. The average Bonchev–Trinajstić information content (AvgIpc) is 3.80. The summed E-state index contributed by atoms with van der Waals surface area (Å²) in [5, 5.41) is 48.1. The van der Waals surface area contributed by atoms with E-state index in [1.807, 2.05) is 11.9 Å². The summed E-state index contributed by atoms with van der Waals surface area (Å²) in [4.78, 5) is 16.0. The van der Waals surface area contributed by atoms with Crippen molar-refractivity contribution in [3.63, 3.8) is 0 Å². The molecule has 0 radical (unpaired) electrons. The number of aromatic amines is 1. The molecule has 2 saturated heterocycles. The number of methoxy groups -OCH3 is 1. The van der Waals surface area contributed by atoms with Gasteiger partial charge in [0.05, 0.1) is 18.8 Å². The van der Waals surface area contributed by atoms with Crippen LogP contribution in [0.2, 0.25) is 0 Å². The molecule has 1 saturated carbocycles. The second kappa shape index (κ2) is 11.3. The summed E-state index contributed by atoms with van der Waals surface area (Å²) in [6.07, 6.45) is 7.27. The van der Waals surface area contributed by atoms with Crippen LogP contribution >= 0.6 is 0 Å². The summed E-state index contributed by atoms with van der Waals surface area (Å²) in [6, 6.07) is 12.2. The van der Waals surface area contributed by atoms with E-state index in [4.69, 9.17) is 9.62 Å². The zero-order chi connectivity index (χ0) is 35.7. The van der Waals surface area contributed by atoms with Crippen LogP contribution in [-0.2, 0) is 22.1 Å². The highest BCUT2D eigenvalue weighted by Crippen LogP contribution is 2.67. The van der Waals surface area contributed by atoms with Crippen molar-refractivity contribution in [2.24, 2.45) is 11.3 Å². The van der Waals surface area contributed by atoms with Gasteiger partial charge in [0.15, 0.2) is 0 Å². The lowest BCUT2D eigenvalue weighted by atomic mass is 9.50. The molecule has 10 nitrogen and oxygen atoms in total. The van der Waals surface area contributed by atoms with Gasteiger partial charge >= 0.3 is 0 Å². The number of rotatable bonds is 5. The van der Waals surface area contributed by atoms with Crippen LogP contribution in [0, 0.1) is 11.3 Å². The molecule has 5 aliphatic heterocycles. The van der Waals surface area contributed by atoms with Gasteiger partial charge in [0.1, 0.15) is 11.9 Å². The molecule has 1 spiro atoms. The molecule has 6 aliphatic rings. The van der Waals surface area contributed by atoms with Gasteiger partial charge in [-0.1, -0.05) is 44.2 Å². The minimum absolute atomic E-state index is 0.121. The summed E-state index contributed by atoms with van der Waals surface area (Å²) >= 11 is 0. The van der Waals surface area contributed by atoms with Crippen molar-refractivity contribution in [2.75, 3.05) is 51.8 Å². The van der Waals surface area contributed by atoms with Gasteiger partial charge in [-0.3, -0.25) is 9.80 Å². The van der Waals surface area contributed by atoms with Crippen molar-refractivity contribution in [1.29, 1.82) is 0 Å². The van der Waals surface area contributed by atoms with Gasteiger partial charge < -0.3 is 29.9 Å². The number of hydrogen-bond acceptors (Lipinski definition) is 9. The van der Waals surface area contributed by atoms with Crippen molar-refractivity contribution in [3.05, 3.63) is 70.9 Å². The summed E-state index contributed by atoms with van der Waals surface area (Å²) < 4.78 is 6.36. The first kappa shape index (κ1) is 33.8. The van der Waals surface area contributed by atoms with Gasteiger partial charge in [-0.25, -0.2) is 5.26 Å². The largest absolute Gasteiger partial charge is 0.496 e. The van der Waals surface area contributed by atoms with E-state index in [-0.39, 0.29) is 12.0 Å². The Hall–Kier alpha value is -2.96. The number of nitrogens with one attached hydrogen (secondary N) is 1. The minimum Gasteiger partial charge on any atom is -0.496 e. The van der Waals surface area contributed by atoms with Crippen LogP contribution in [-0.4, -0.2) is 112 Å². The van der Waals surface area contributed by atoms with Gasteiger partial charge in [0.25, 0.3) is 0 Å². The Morgan fingerprint density at radius 2 is 1.82 bits per heavy atom. The molecule has 51 heavy (non-hydrogen) atoms. The van der Waals surface area contributed by atoms with Crippen LogP contribution < -0.4 is 9.64 Å². The summed E-state index contributed by atoms with van der Waals surface area (Å²) in [5.74, 6) is -1.24. The van der Waals surface area contributed by atoms with E-state index in [1.165, 1.54) is 16.6 Å². The third-order valence-electron chi connectivity index (χ3n) is 14.8. The summed E-state index contributed by atoms with van der Waals surface area (Å²) in [7, 11) is 3.67. The fourth-order valence-electron chi connectivity index (χ4n) is 12.7. The molecule has 1 unspecified atom stereocenters. The molecule has 5 N–H and O–H groups in total. The van der Waals surface area contributed by atoms with Crippen molar-refractivity contribution in [2.45, 2.75) is 99.7 Å². The number of piperidine rings is 1. The summed E-state index contributed by atoms with van der Waals surface area (Å²) in [5.41, 5.74) is 3.96. The van der Waals surface area contributed by atoms with E-state index in [0.29, 0.717) is 13.0 Å². The smallest absolute Gasteiger partial charge is 0.247 e. The normalized spacial score (nSPS) is 41.4. The lowest BCUT2D eigenvalue weighted by Gasteiger charge is -2.62. The third-order valence-corrected chi connectivity index (χ3v) is 14.8. The second-order valence-electron chi connectivity index (χ2n) is 17.1. The quantitative estimate of drug-likeness (QED) is 0.113. The maximum absolute atomic E-state index is 12.4. The van der Waals surface area contributed by atoms with Crippen LogP contribution in [0.5, 0.6) is 5.75 Å². The first-order chi connectivity index (χ1) is 24.4. The van der Waals surface area contributed by atoms with Gasteiger partial charge in [-0.15, -0.1) is 0 Å². The van der Waals surface area contributed by atoms with Crippen molar-refractivity contribution in [3.8, 4) is 5.75 Å². The van der Waals surface area contributed by atoms with Crippen LogP contribution in [0.4, 0.5) is 5.69 Å². The molecule has 274 valence electrons. The number of benzene rings is 2. The average molecular weight is 699 g/mol. The molecule has 6 heterocycles. The zero-order valence-electron chi connectivity index (χ0n) is 30.7. The molecule has 2 bridgehead atoms. The van der Waals surface area contributed by atoms with E-state index in [1.54, 1.807) is 7.11 Å². The number of aliphatic hydroxyl groups excluding tert-OH is 1. The Balaban J connectivity index is 1.30. The van der Waals surface area contributed by atoms with Crippen molar-refractivity contribution in [1.82, 2.24) is 14.8 Å². The van der Waals surface area contributed by atoms with Crippen LogP contribution in [0.3, 0.4) is 0 Å². The maximum atomic E-state index is 12.4. The van der Waals surface area contributed by atoms with E-state index < -0.39 is 39.8 Å². The highest BCUT2D eigenvalue weighted by Gasteiger charge is 2.78. The van der Waals surface area contributed by atoms with Crippen LogP contribution in [0.1, 0.15) is 75.3 Å². The topological polar surface area (TPSA) is 125 Å². The molecule has 0 amide bonds. The Kier molecular flexibility index (Phi) is 7.48. The Morgan fingerprint density at radius 1 is 1.02 bits per heavy atom. The number of ether oxygens (including phenoxy) is 1. The minimum atomic E-state index is -2.24. The zero-order valence-corrected chi connectivity index (χ0v) is 30.7. The molecular formula is C41H54N4O6. The van der Waals surface area contributed by atoms with Gasteiger partial charge in [-0.2, -0.15) is 4.89 Å². The molecule has 1 aromatic heterocycles. The number of aromatic nitrogens is 1. The Labute approximate surface area is 300 Å². The number of anilines is 1. The predicted molar refractivity (Wildman–Crippen MR) is 196 cm³/mol. The number of nitrogens with zero attached hydrogens (tertiary/aromatic N) is 3. The van der Waals surface area contributed by atoms with E-state index in [0.717, 1.165) is 86.4 Å². The van der Waals surface area contributed by atoms with Gasteiger partial charge in [0.2, 0.25) is 5.79 Å². The monoisotopic (exact) mass is 698 g/mol. The number of likely N-dealkylation sites (N-methyl/N-ethyl adjacent to an activating group) is 1. The van der Waals surface area contributed by atoms with Crippen LogP contribution in [0.15, 0.2) is 48.6 Å². The Bertz CT molecular complexity index is 1910. The van der Waals surface area contributed by atoms with E-state index in [9.17, 15) is 20.6 Å². The molecule has 10 heteroatoms. The Morgan fingerprint density at radius 3 is 2.57 bits per heavy atom. The van der Waals surface area contributed by atoms with E-state index in [2.05, 4.69) is 84.1 Å². The highest BCUT2D eigenvalue weighted by atomic mass is 17.1. The molecule has 1 aliphatic carbocycles. The number of H-pyrrole nitrogens is 1. The molecule has 3 aromatic rings. The number of para-hydroxylation sites is 1. The SMILES string of the molecule is CC[C@]1(O)C[C@H]2CN(CCc3c([nH]c4ccccc34)[C@@](C)(c3cc4c(cc3OC)N(C)[C@H]3[C@@](O)(OO)[C@H](O)[C@]5(CC)C=CCN6CC[C@]43[C@@H]65)C2)C1. The number of hydrogen-bond donors (Lipinski definition) is 5. The predicted octanol–water partition coefficient (Wildman–Crippen LogP) is 4.54. The number of fused-ring (bicyclic) bond motifs is 6. The first-order valence-corrected chi connectivity index (χ1v) is 19.1. The van der Waals surface area contributed by atoms with Gasteiger partial charge in [0, 0.05) is 89.4 Å². The first-order valence-electron chi connectivity index (χ1n) is 19.1. The fourth-order valence-corrected chi connectivity index (χ4v) is 12.7. The highest BCUT2D eigenvalue weighted by molar-refractivity contribution is 5.86. The molecular weight excluding hydrogens is 644 g/mol. The maximum Gasteiger partial charge on any atom is 0.247 e. The fraction of sp³-hybridized carbons (Fsp3) is 0.610. The second-order valence-corrected chi connectivity index (χ2v) is 17.1. The summed E-state index contributed by atoms with van der Waals surface area (Å²) in [6.45, 7) is 10.6. The lowest BCUT2D eigenvalue weighted by Crippen LogP contribution is -2.79. The molecule has 10 atom stereocenters. The molecule has 9 rings (SSSR count). The van der Waals surface area contributed by atoms with Crippen molar-refractivity contribution < 1.29 is 30.2 Å². The van der Waals surface area contributed by atoms with Crippen molar-refractivity contribution >= 4 is 16.6 Å². The van der Waals surface area contributed by atoms with Crippen LogP contribution in [0.25, 0.3) is 10.9 Å².